The lowest BCUT2D eigenvalue weighted by Crippen LogP contribution is -2.25. The molecule has 3 nitrogen and oxygen atoms in total. The van der Waals surface area contributed by atoms with Crippen LogP contribution >= 0.6 is 0 Å². The number of hydrogen-bond acceptors (Lipinski definition) is 2. The fourth-order valence-corrected chi connectivity index (χ4v) is 1.85. The van der Waals surface area contributed by atoms with Crippen LogP contribution in [0.2, 0.25) is 0 Å². The van der Waals surface area contributed by atoms with Crippen molar-refractivity contribution in [3.63, 3.8) is 0 Å². The molecule has 0 unspecified atom stereocenters. The Bertz CT molecular complexity index is 288. The molecule has 1 aliphatic heterocycles. The Balaban J connectivity index is 2.21. The van der Waals surface area contributed by atoms with E-state index in [9.17, 15) is 0 Å². The summed E-state index contributed by atoms with van der Waals surface area (Å²) < 4.78 is 2.31. The van der Waals surface area contributed by atoms with E-state index in [0.717, 1.165) is 26.1 Å². The minimum atomic E-state index is 0.702. The molecule has 72 valence electrons. The highest BCUT2D eigenvalue weighted by Gasteiger charge is 2.14. The lowest BCUT2D eigenvalue weighted by molar-refractivity contribution is 0.498. The van der Waals surface area contributed by atoms with Gasteiger partial charge in [-0.1, -0.05) is 13.8 Å². The van der Waals surface area contributed by atoms with E-state index in [1.807, 2.05) is 6.33 Å². The summed E-state index contributed by atoms with van der Waals surface area (Å²) in [6.45, 7) is 7.63. The lowest BCUT2D eigenvalue weighted by atomic mass is 10.1. The second-order valence-electron chi connectivity index (χ2n) is 4.11. The molecule has 1 N–H and O–H groups in total. The van der Waals surface area contributed by atoms with Gasteiger partial charge < -0.3 is 9.88 Å². The maximum Gasteiger partial charge on any atom is 0.0952 e. The first-order valence-corrected chi connectivity index (χ1v) is 5.01. The predicted molar refractivity (Wildman–Crippen MR) is 52.5 cm³/mol. The first-order valence-electron chi connectivity index (χ1n) is 5.01. The Morgan fingerprint density at radius 2 is 2.46 bits per heavy atom. The van der Waals surface area contributed by atoms with Crippen LogP contribution in [0.25, 0.3) is 0 Å². The molecule has 1 aromatic rings. The molecule has 1 aromatic heterocycles. The van der Waals surface area contributed by atoms with Gasteiger partial charge in [-0.2, -0.15) is 0 Å². The maximum atomic E-state index is 4.41. The van der Waals surface area contributed by atoms with E-state index in [-0.39, 0.29) is 0 Å². The fourth-order valence-electron chi connectivity index (χ4n) is 1.85. The van der Waals surface area contributed by atoms with Crippen molar-refractivity contribution in [3.05, 3.63) is 17.7 Å². The minimum Gasteiger partial charge on any atom is -0.334 e. The van der Waals surface area contributed by atoms with E-state index in [0.29, 0.717) is 5.92 Å². The van der Waals surface area contributed by atoms with E-state index < -0.39 is 0 Å². The van der Waals surface area contributed by atoms with Gasteiger partial charge in [0.2, 0.25) is 0 Å². The van der Waals surface area contributed by atoms with E-state index >= 15 is 0 Å². The molecule has 0 amide bonds. The molecule has 0 bridgehead atoms. The van der Waals surface area contributed by atoms with Crippen molar-refractivity contribution in [3.8, 4) is 0 Å². The highest BCUT2D eigenvalue weighted by Crippen LogP contribution is 2.13. The SMILES string of the molecule is CC(C)Cn1cnc2c1CCNC2. The van der Waals surface area contributed by atoms with Crippen LogP contribution < -0.4 is 5.32 Å². The van der Waals surface area contributed by atoms with Gasteiger partial charge in [-0.05, 0) is 5.92 Å². The highest BCUT2D eigenvalue weighted by atomic mass is 15.1. The average Bonchev–Trinajstić information content (AvgIpc) is 2.48. The molecule has 2 heterocycles. The molecule has 0 saturated heterocycles. The zero-order chi connectivity index (χ0) is 9.26. The Labute approximate surface area is 79.2 Å². The topological polar surface area (TPSA) is 29.9 Å². The molecular formula is C10H17N3. The molecule has 3 heteroatoms. The van der Waals surface area contributed by atoms with Crippen LogP contribution in [-0.4, -0.2) is 16.1 Å². The Morgan fingerprint density at radius 1 is 1.62 bits per heavy atom. The van der Waals surface area contributed by atoms with Gasteiger partial charge in [-0.25, -0.2) is 4.98 Å². The van der Waals surface area contributed by atoms with Crippen molar-refractivity contribution in [2.45, 2.75) is 33.4 Å². The van der Waals surface area contributed by atoms with E-state index in [2.05, 4.69) is 28.7 Å². The molecule has 0 aromatic carbocycles. The standard InChI is InChI=1S/C10H17N3/c1-8(2)6-13-7-12-9-5-11-4-3-10(9)13/h7-8,11H,3-6H2,1-2H3. The fraction of sp³-hybridized carbons (Fsp3) is 0.700. The quantitative estimate of drug-likeness (QED) is 0.739. The number of imidazole rings is 1. The largest absolute Gasteiger partial charge is 0.334 e. The third-order valence-corrected chi connectivity index (χ3v) is 2.43. The van der Waals surface area contributed by atoms with Crippen molar-refractivity contribution in [1.29, 1.82) is 0 Å². The smallest absolute Gasteiger partial charge is 0.0952 e. The summed E-state index contributed by atoms with van der Waals surface area (Å²) in [5, 5.41) is 3.33. The number of hydrogen-bond donors (Lipinski definition) is 1. The van der Waals surface area contributed by atoms with Crippen LogP contribution in [0.5, 0.6) is 0 Å². The van der Waals surface area contributed by atoms with Crippen molar-refractivity contribution in [2.75, 3.05) is 6.54 Å². The highest BCUT2D eigenvalue weighted by molar-refractivity contribution is 5.16. The minimum absolute atomic E-state index is 0.702. The first-order chi connectivity index (χ1) is 6.27. The molecule has 0 radical (unpaired) electrons. The number of rotatable bonds is 2. The number of nitrogens with one attached hydrogen (secondary N) is 1. The van der Waals surface area contributed by atoms with Crippen LogP contribution in [0.15, 0.2) is 6.33 Å². The van der Waals surface area contributed by atoms with Crippen molar-refractivity contribution in [2.24, 2.45) is 5.92 Å². The van der Waals surface area contributed by atoms with Crippen LogP contribution in [0, 0.1) is 5.92 Å². The molecule has 1 aliphatic rings. The second-order valence-corrected chi connectivity index (χ2v) is 4.11. The van der Waals surface area contributed by atoms with Crippen molar-refractivity contribution in [1.82, 2.24) is 14.9 Å². The number of fused-ring (bicyclic) bond motifs is 1. The van der Waals surface area contributed by atoms with Crippen molar-refractivity contribution >= 4 is 0 Å². The third kappa shape index (κ3) is 1.75. The predicted octanol–water partition coefficient (Wildman–Crippen LogP) is 1.18. The summed E-state index contributed by atoms with van der Waals surface area (Å²) in [7, 11) is 0. The van der Waals surface area contributed by atoms with Gasteiger partial charge in [0.15, 0.2) is 0 Å². The molecule has 0 atom stereocenters. The van der Waals surface area contributed by atoms with Crippen LogP contribution in [0.3, 0.4) is 0 Å². The van der Waals surface area contributed by atoms with E-state index in [4.69, 9.17) is 0 Å². The summed E-state index contributed by atoms with van der Waals surface area (Å²) in [4.78, 5) is 4.41. The average molecular weight is 179 g/mol. The summed E-state index contributed by atoms with van der Waals surface area (Å²) in [6.07, 6.45) is 3.11. The van der Waals surface area contributed by atoms with E-state index in [1.54, 1.807) is 0 Å². The van der Waals surface area contributed by atoms with Gasteiger partial charge in [0, 0.05) is 31.7 Å². The van der Waals surface area contributed by atoms with Crippen LogP contribution in [0.1, 0.15) is 25.2 Å². The summed E-state index contributed by atoms with van der Waals surface area (Å²) in [5.41, 5.74) is 2.68. The summed E-state index contributed by atoms with van der Waals surface area (Å²) in [5.74, 6) is 0.702. The Hall–Kier alpha value is -0.830. The first kappa shape index (κ1) is 8.75. The zero-order valence-corrected chi connectivity index (χ0v) is 8.38. The summed E-state index contributed by atoms with van der Waals surface area (Å²) >= 11 is 0. The van der Waals surface area contributed by atoms with Gasteiger partial charge in [0.25, 0.3) is 0 Å². The molecule has 0 saturated carbocycles. The molecular weight excluding hydrogens is 162 g/mol. The van der Waals surface area contributed by atoms with Crippen LogP contribution in [0.4, 0.5) is 0 Å². The maximum absolute atomic E-state index is 4.41. The van der Waals surface area contributed by atoms with Gasteiger partial charge in [0.05, 0.1) is 12.0 Å². The molecule has 0 spiro atoms. The van der Waals surface area contributed by atoms with E-state index in [1.165, 1.54) is 11.4 Å². The van der Waals surface area contributed by atoms with Gasteiger partial charge >= 0.3 is 0 Å². The molecule has 0 fully saturated rings. The zero-order valence-electron chi connectivity index (χ0n) is 8.38. The lowest BCUT2D eigenvalue weighted by Gasteiger charge is -2.16. The Kier molecular flexibility index (Phi) is 2.36. The molecule has 13 heavy (non-hydrogen) atoms. The second kappa shape index (κ2) is 3.50. The normalized spacial score (nSPS) is 16.2. The molecule has 0 aliphatic carbocycles. The third-order valence-electron chi connectivity index (χ3n) is 2.43. The Morgan fingerprint density at radius 3 is 3.23 bits per heavy atom. The number of aromatic nitrogens is 2. The molecule has 2 rings (SSSR count). The summed E-state index contributed by atoms with van der Waals surface area (Å²) in [6, 6.07) is 0. The van der Waals surface area contributed by atoms with Gasteiger partial charge in [-0.3, -0.25) is 0 Å². The van der Waals surface area contributed by atoms with Gasteiger partial charge in [0.1, 0.15) is 0 Å². The monoisotopic (exact) mass is 179 g/mol. The van der Waals surface area contributed by atoms with Gasteiger partial charge in [-0.15, -0.1) is 0 Å². The van der Waals surface area contributed by atoms with Crippen molar-refractivity contribution < 1.29 is 0 Å². The number of nitrogens with zero attached hydrogens (tertiary/aromatic N) is 2. The van der Waals surface area contributed by atoms with Crippen LogP contribution in [-0.2, 0) is 19.5 Å².